The molecule has 0 saturated heterocycles. The van der Waals surface area contributed by atoms with Gasteiger partial charge >= 0.3 is 12.4 Å². The number of anilines is 3. The molecule has 198 valence electrons. The van der Waals surface area contributed by atoms with Gasteiger partial charge in [-0.2, -0.15) is 31.4 Å². The summed E-state index contributed by atoms with van der Waals surface area (Å²) < 4.78 is 81.2. The summed E-state index contributed by atoms with van der Waals surface area (Å²) in [5.41, 5.74) is 2.99. The van der Waals surface area contributed by atoms with Crippen molar-refractivity contribution in [3.63, 3.8) is 0 Å². The first-order valence-electron chi connectivity index (χ1n) is 10.4. The van der Waals surface area contributed by atoms with Crippen LogP contribution in [0.5, 0.6) is 0 Å². The summed E-state index contributed by atoms with van der Waals surface area (Å²) >= 11 is 12.3. The van der Waals surface area contributed by atoms with Gasteiger partial charge in [-0.1, -0.05) is 23.2 Å². The zero-order chi connectivity index (χ0) is 28.0. The summed E-state index contributed by atoms with van der Waals surface area (Å²) in [5.74, 6) is -1.69. The predicted molar refractivity (Wildman–Crippen MR) is 128 cm³/mol. The molecule has 2 heterocycles. The number of nitrogens with zero attached hydrogens (tertiary/aromatic N) is 5. The average molecular weight is 575 g/mol. The number of halogens is 8. The third-order valence-corrected chi connectivity index (χ3v) is 5.97. The Morgan fingerprint density at radius 3 is 2.11 bits per heavy atom. The van der Waals surface area contributed by atoms with Crippen molar-refractivity contribution < 1.29 is 31.1 Å². The fourth-order valence-corrected chi connectivity index (χ4v) is 3.90. The summed E-state index contributed by atoms with van der Waals surface area (Å²) in [6.07, 6.45) is -7.21. The Morgan fingerprint density at radius 1 is 0.947 bits per heavy atom. The highest BCUT2D eigenvalue weighted by molar-refractivity contribution is 6.34. The molecule has 0 atom stereocenters. The normalized spacial score (nSPS) is 12.0. The van der Waals surface area contributed by atoms with Crippen molar-refractivity contribution in [1.29, 1.82) is 0 Å². The Balaban J connectivity index is 1.89. The van der Waals surface area contributed by atoms with E-state index in [0.29, 0.717) is 6.07 Å². The first-order valence-corrected chi connectivity index (χ1v) is 11.1. The van der Waals surface area contributed by atoms with E-state index in [1.54, 1.807) is 0 Å². The molecule has 15 heteroatoms. The second-order valence-electron chi connectivity index (χ2n) is 7.80. The van der Waals surface area contributed by atoms with Crippen LogP contribution in [0, 0.1) is 0 Å². The number of amides is 1. The largest absolute Gasteiger partial charge is 0.416 e. The second-order valence-corrected chi connectivity index (χ2v) is 8.61. The van der Waals surface area contributed by atoms with Crippen LogP contribution in [-0.2, 0) is 19.4 Å². The molecule has 0 aliphatic rings. The van der Waals surface area contributed by atoms with Gasteiger partial charge in [0.1, 0.15) is 11.4 Å². The molecule has 0 fully saturated rings. The van der Waals surface area contributed by atoms with Crippen molar-refractivity contribution in [3.8, 4) is 11.3 Å². The van der Waals surface area contributed by atoms with E-state index in [9.17, 15) is 31.1 Å². The molecular formula is C23H14Cl2F6N6O. The molecule has 0 saturated carbocycles. The van der Waals surface area contributed by atoms with Crippen LogP contribution in [0.4, 0.5) is 43.7 Å². The number of aromatic nitrogens is 4. The van der Waals surface area contributed by atoms with Crippen molar-refractivity contribution in [2.24, 2.45) is 7.05 Å². The maximum Gasteiger partial charge on any atom is 0.416 e. The maximum atomic E-state index is 13.5. The van der Waals surface area contributed by atoms with Crippen molar-refractivity contribution >= 4 is 46.4 Å². The first kappa shape index (κ1) is 27.2. The number of nitrogen functional groups attached to an aromatic ring is 1. The predicted octanol–water partition coefficient (Wildman–Crippen LogP) is 6.78. The lowest BCUT2D eigenvalue weighted by Crippen LogP contribution is -2.29. The molecule has 0 spiro atoms. The van der Waals surface area contributed by atoms with E-state index >= 15 is 0 Å². The summed E-state index contributed by atoms with van der Waals surface area (Å²) in [4.78, 5) is 22.3. The highest BCUT2D eigenvalue weighted by Crippen LogP contribution is 2.40. The molecule has 4 rings (SSSR count). The van der Waals surface area contributed by atoms with Gasteiger partial charge in [0.2, 0.25) is 0 Å². The van der Waals surface area contributed by atoms with Gasteiger partial charge < -0.3 is 5.73 Å². The van der Waals surface area contributed by atoms with Gasteiger partial charge in [-0.25, -0.2) is 9.97 Å². The van der Waals surface area contributed by atoms with Crippen LogP contribution >= 0.6 is 23.2 Å². The topological polar surface area (TPSA) is 89.9 Å². The van der Waals surface area contributed by atoms with E-state index in [4.69, 9.17) is 28.9 Å². The summed E-state index contributed by atoms with van der Waals surface area (Å²) in [6, 6.07) is 6.15. The van der Waals surface area contributed by atoms with Crippen LogP contribution in [0.2, 0.25) is 10.0 Å². The van der Waals surface area contributed by atoms with Crippen LogP contribution in [-0.4, -0.2) is 25.7 Å². The first-order chi connectivity index (χ1) is 17.7. The Kier molecular flexibility index (Phi) is 7.01. The lowest BCUT2D eigenvalue weighted by atomic mass is 10.1. The minimum Gasteiger partial charge on any atom is -0.382 e. The average Bonchev–Trinajstić information content (AvgIpc) is 3.25. The van der Waals surface area contributed by atoms with E-state index in [1.807, 2.05) is 0 Å². The minimum atomic E-state index is -4.77. The SMILES string of the molecule is Cn1nccc1C(=O)N(c1cnc(-c2cc(C(F)(F)F)ccc2Cl)c(N)n1)c1cc(C(F)(F)F)ccc1Cl. The van der Waals surface area contributed by atoms with E-state index in [-0.39, 0.29) is 32.8 Å². The molecule has 2 aromatic heterocycles. The van der Waals surface area contributed by atoms with Gasteiger partial charge in [-0.15, -0.1) is 0 Å². The van der Waals surface area contributed by atoms with Gasteiger partial charge in [0.15, 0.2) is 11.6 Å². The minimum absolute atomic E-state index is 0.0520. The lowest BCUT2D eigenvalue weighted by Gasteiger charge is -2.24. The Hall–Kier alpha value is -3.84. The number of benzene rings is 2. The molecule has 0 bridgehead atoms. The van der Waals surface area contributed by atoms with Crippen LogP contribution in [0.25, 0.3) is 11.3 Å². The summed E-state index contributed by atoms with van der Waals surface area (Å²) in [6.45, 7) is 0. The quantitative estimate of drug-likeness (QED) is 0.271. The van der Waals surface area contributed by atoms with E-state index in [1.165, 1.54) is 24.0 Å². The monoisotopic (exact) mass is 574 g/mol. The third-order valence-electron chi connectivity index (χ3n) is 5.32. The number of hydrogen-bond donors (Lipinski definition) is 1. The van der Waals surface area contributed by atoms with Crippen LogP contribution in [0.1, 0.15) is 21.6 Å². The smallest absolute Gasteiger partial charge is 0.382 e. The van der Waals surface area contributed by atoms with Crippen LogP contribution < -0.4 is 10.6 Å². The molecule has 1 amide bonds. The molecule has 0 unspecified atom stereocenters. The number of carbonyl (C=O) groups excluding carboxylic acids is 1. The molecule has 0 aliphatic heterocycles. The van der Waals surface area contributed by atoms with Crippen molar-refractivity contribution in [1.82, 2.24) is 19.7 Å². The second kappa shape index (κ2) is 9.80. The maximum absolute atomic E-state index is 13.5. The Morgan fingerprint density at radius 2 is 1.55 bits per heavy atom. The number of rotatable bonds is 4. The van der Waals surface area contributed by atoms with Gasteiger partial charge in [0.05, 0.1) is 33.1 Å². The van der Waals surface area contributed by atoms with E-state index in [0.717, 1.165) is 41.4 Å². The van der Waals surface area contributed by atoms with E-state index < -0.39 is 40.9 Å². The van der Waals surface area contributed by atoms with Gasteiger partial charge in [0, 0.05) is 18.8 Å². The van der Waals surface area contributed by atoms with Crippen LogP contribution in [0.3, 0.4) is 0 Å². The van der Waals surface area contributed by atoms with Crippen molar-refractivity contribution in [2.45, 2.75) is 12.4 Å². The fraction of sp³-hybridized carbons (Fsp3) is 0.130. The number of alkyl halides is 6. The zero-order valence-electron chi connectivity index (χ0n) is 18.9. The number of aryl methyl sites for hydroxylation is 1. The molecule has 2 aromatic carbocycles. The third kappa shape index (κ3) is 5.24. The molecule has 0 aliphatic carbocycles. The molecule has 2 N–H and O–H groups in total. The lowest BCUT2D eigenvalue weighted by molar-refractivity contribution is -0.138. The van der Waals surface area contributed by atoms with E-state index in [2.05, 4.69) is 15.1 Å². The summed E-state index contributed by atoms with van der Waals surface area (Å²) in [7, 11) is 1.43. The molecular weight excluding hydrogens is 561 g/mol. The Bertz CT molecular complexity index is 1540. The van der Waals surface area contributed by atoms with Gasteiger partial charge in [0.25, 0.3) is 5.91 Å². The van der Waals surface area contributed by atoms with Crippen molar-refractivity contribution in [3.05, 3.63) is 81.7 Å². The Labute approximate surface area is 220 Å². The number of carbonyl (C=O) groups is 1. The summed E-state index contributed by atoms with van der Waals surface area (Å²) in [5, 5.41) is 3.53. The van der Waals surface area contributed by atoms with Crippen LogP contribution in [0.15, 0.2) is 54.9 Å². The highest BCUT2D eigenvalue weighted by Gasteiger charge is 2.34. The van der Waals surface area contributed by atoms with Gasteiger partial charge in [-0.05, 0) is 42.5 Å². The number of nitrogens with two attached hydrogens (primary N) is 1. The number of hydrogen-bond acceptors (Lipinski definition) is 5. The highest BCUT2D eigenvalue weighted by atomic mass is 35.5. The molecule has 4 aromatic rings. The molecule has 7 nitrogen and oxygen atoms in total. The van der Waals surface area contributed by atoms with Gasteiger partial charge in [-0.3, -0.25) is 14.4 Å². The molecule has 38 heavy (non-hydrogen) atoms. The standard InChI is InChI=1S/C23H14Cl2F6N6O/c1-36-16(6-7-34-36)21(38)37(17-9-12(23(29,30)31)3-5-15(17)25)18-10-33-19(20(32)35-18)13-8-11(22(26,27)28)2-4-14(13)24/h2-10H,1H3,(H2,32,35). The zero-order valence-corrected chi connectivity index (χ0v) is 20.5. The fourth-order valence-electron chi connectivity index (χ4n) is 3.49. The molecule has 0 radical (unpaired) electrons. The van der Waals surface area contributed by atoms with Crippen molar-refractivity contribution in [2.75, 3.05) is 10.6 Å².